The lowest BCUT2D eigenvalue weighted by atomic mass is 9.51. The summed E-state index contributed by atoms with van der Waals surface area (Å²) in [5.74, 6) is 1.88. The van der Waals surface area contributed by atoms with Gasteiger partial charge in [0.05, 0.1) is 0 Å². The van der Waals surface area contributed by atoms with Gasteiger partial charge in [-0.15, -0.1) is 0 Å². The summed E-state index contributed by atoms with van der Waals surface area (Å²) in [6, 6.07) is 7.53. The maximum Gasteiger partial charge on any atom is 0.241 e. The van der Waals surface area contributed by atoms with Gasteiger partial charge in [-0.3, -0.25) is 4.79 Å². The number of hydrogen-bond donors (Lipinski definition) is 2. The number of aromatic hydroxyl groups is 1. The molecule has 2 bridgehead atoms. The fraction of sp³-hybridized carbons (Fsp3) is 0.593. The molecule has 3 aliphatic rings. The Bertz CT molecular complexity index is 1230. The number of hydrogen-bond acceptors (Lipinski definition) is 5. The largest absolute Gasteiger partial charge is 0.508 e. The van der Waals surface area contributed by atoms with Crippen LogP contribution in [-0.2, 0) is 26.7 Å². The smallest absolute Gasteiger partial charge is 0.241 e. The minimum atomic E-state index is -3.61. The number of likely N-dealkylation sites (tertiary alicyclic amines) is 1. The summed E-state index contributed by atoms with van der Waals surface area (Å²) in [5.41, 5.74) is 2.38. The van der Waals surface area contributed by atoms with Crippen molar-refractivity contribution in [3.05, 3.63) is 46.9 Å². The number of primary sulfonamides is 1. The molecule has 0 spiro atoms. The monoisotopic (exact) mass is 502 g/mol. The molecular weight excluding hydrogens is 464 g/mol. The van der Waals surface area contributed by atoms with E-state index >= 15 is 0 Å². The molecule has 2 aromatic rings. The lowest BCUT2D eigenvalue weighted by Gasteiger charge is -2.61. The molecule has 192 valence electrons. The third kappa shape index (κ3) is 4.40. The van der Waals surface area contributed by atoms with Crippen LogP contribution in [0.15, 0.2) is 33.6 Å². The number of furan rings is 1. The Hall–Kier alpha value is -2.32. The average Bonchev–Trinajstić information content (AvgIpc) is 3.41. The summed E-state index contributed by atoms with van der Waals surface area (Å²) in [6.07, 6.45) is 6.26. The lowest BCUT2D eigenvalue weighted by molar-refractivity contribution is -0.148. The molecule has 35 heavy (non-hydrogen) atoms. The van der Waals surface area contributed by atoms with Crippen LogP contribution in [0, 0.1) is 25.2 Å². The number of nitrogens with zero attached hydrogens (tertiary/aromatic N) is 1. The number of sulfonamides is 1. The first kappa shape index (κ1) is 25.8. The van der Waals surface area contributed by atoms with E-state index in [0.717, 1.165) is 37.8 Å². The van der Waals surface area contributed by atoms with E-state index in [-0.39, 0.29) is 27.7 Å². The number of fused-ring (bicyclic) bond motifs is 4. The molecule has 1 amide bonds. The Balaban J connectivity index is 0.000000221. The van der Waals surface area contributed by atoms with Gasteiger partial charge >= 0.3 is 0 Å². The van der Waals surface area contributed by atoms with E-state index in [4.69, 9.17) is 9.56 Å². The Kier molecular flexibility index (Phi) is 6.60. The molecule has 2 unspecified atom stereocenters. The van der Waals surface area contributed by atoms with Gasteiger partial charge in [0.15, 0.2) is 0 Å². The van der Waals surface area contributed by atoms with E-state index in [0.29, 0.717) is 23.2 Å². The van der Waals surface area contributed by atoms with Crippen LogP contribution in [0.5, 0.6) is 5.75 Å². The molecule has 1 saturated carbocycles. The molecule has 1 aromatic carbocycles. The molecule has 0 radical (unpaired) electrons. The van der Waals surface area contributed by atoms with Crippen molar-refractivity contribution in [2.24, 2.45) is 16.5 Å². The third-order valence-electron chi connectivity index (χ3n) is 8.92. The van der Waals surface area contributed by atoms with E-state index in [1.165, 1.54) is 24.5 Å². The first-order valence-corrected chi connectivity index (χ1v) is 14.0. The molecule has 8 heteroatoms. The molecule has 5 rings (SSSR count). The van der Waals surface area contributed by atoms with Gasteiger partial charge in [-0.1, -0.05) is 45.7 Å². The molecule has 2 aliphatic carbocycles. The van der Waals surface area contributed by atoms with Crippen molar-refractivity contribution in [3.63, 3.8) is 0 Å². The van der Waals surface area contributed by atoms with Crippen molar-refractivity contribution in [2.75, 3.05) is 6.54 Å². The van der Waals surface area contributed by atoms with Crippen molar-refractivity contribution in [2.45, 2.75) is 89.5 Å². The number of piperidine rings is 1. The van der Waals surface area contributed by atoms with Gasteiger partial charge in [0, 0.05) is 23.9 Å². The zero-order valence-electron chi connectivity index (χ0n) is 21.4. The van der Waals surface area contributed by atoms with Crippen molar-refractivity contribution in [3.8, 4) is 5.75 Å². The first-order valence-electron chi connectivity index (χ1n) is 12.5. The second-order valence-corrected chi connectivity index (χ2v) is 12.7. The molecule has 2 heterocycles. The highest BCUT2D eigenvalue weighted by atomic mass is 32.2. The van der Waals surface area contributed by atoms with E-state index in [9.17, 15) is 18.3 Å². The fourth-order valence-corrected chi connectivity index (χ4v) is 7.26. The SMILES string of the molecule is CC12CCN(C(=O)C3CCCC3)C(Cc3c(O)cccc31)C2(C)C.Cc1cc(S(N)(=O)=O)c(C)o1. The number of nitrogens with two attached hydrogens (primary N) is 1. The molecule has 1 aliphatic heterocycles. The van der Waals surface area contributed by atoms with E-state index in [1.54, 1.807) is 19.9 Å². The maximum atomic E-state index is 13.2. The van der Waals surface area contributed by atoms with Crippen molar-refractivity contribution in [1.29, 1.82) is 0 Å². The Labute approximate surface area is 208 Å². The Morgan fingerprint density at radius 3 is 2.37 bits per heavy atom. The first-order chi connectivity index (χ1) is 16.3. The maximum absolute atomic E-state index is 13.2. The van der Waals surface area contributed by atoms with E-state index in [2.05, 4.69) is 31.7 Å². The summed E-state index contributed by atoms with van der Waals surface area (Å²) in [4.78, 5) is 15.4. The Morgan fingerprint density at radius 1 is 1.17 bits per heavy atom. The number of rotatable bonds is 2. The number of amides is 1. The van der Waals surface area contributed by atoms with Crippen LogP contribution < -0.4 is 5.14 Å². The Morgan fingerprint density at radius 2 is 1.83 bits per heavy atom. The van der Waals surface area contributed by atoms with Crippen LogP contribution >= 0.6 is 0 Å². The summed E-state index contributed by atoms with van der Waals surface area (Å²) in [5, 5.41) is 15.3. The molecule has 3 N–H and O–H groups in total. The quantitative estimate of drug-likeness (QED) is 0.625. The standard InChI is InChI=1S/C21H29NO2.C6H9NO3S/c1-20(2)18-13-15-16(9-6-10-17(15)23)21(20,3)11-12-22(18)19(24)14-7-4-5-8-14;1-4-3-6(5(2)10-4)11(7,8)9/h6,9-10,14,18,23H,4-5,7-8,11-13H2,1-3H3;3H,1-2H3,(H2,7,8,9). The highest BCUT2D eigenvalue weighted by Crippen LogP contribution is 2.57. The van der Waals surface area contributed by atoms with Crippen LogP contribution in [0.3, 0.4) is 0 Å². The summed E-state index contributed by atoms with van der Waals surface area (Å²) in [7, 11) is -3.61. The van der Waals surface area contributed by atoms with Crippen LogP contribution in [0.1, 0.15) is 75.5 Å². The van der Waals surface area contributed by atoms with Gasteiger partial charge in [-0.2, -0.15) is 0 Å². The van der Waals surface area contributed by atoms with Crippen molar-refractivity contribution in [1.82, 2.24) is 4.90 Å². The number of benzene rings is 1. The number of aryl methyl sites for hydroxylation is 2. The minimum Gasteiger partial charge on any atom is -0.508 e. The van der Waals surface area contributed by atoms with Gasteiger partial charge in [0.1, 0.15) is 22.2 Å². The van der Waals surface area contributed by atoms with Crippen LogP contribution in [0.4, 0.5) is 0 Å². The van der Waals surface area contributed by atoms with Crippen LogP contribution in [0.2, 0.25) is 0 Å². The van der Waals surface area contributed by atoms with Gasteiger partial charge in [-0.05, 0) is 68.2 Å². The van der Waals surface area contributed by atoms with E-state index in [1.807, 2.05) is 6.07 Å². The van der Waals surface area contributed by atoms with Gasteiger partial charge in [-0.25, -0.2) is 13.6 Å². The molecule has 7 nitrogen and oxygen atoms in total. The highest BCUT2D eigenvalue weighted by molar-refractivity contribution is 7.89. The van der Waals surface area contributed by atoms with Crippen LogP contribution in [0.25, 0.3) is 0 Å². The second-order valence-electron chi connectivity index (χ2n) is 11.2. The molecule has 1 saturated heterocycles. The van der Waals surface area contributed by atoms with Crippen molar-refractivity contribution < 1.29 is 22.7 Å². The molecule has 2 atom stereocenters. The van der Waals surface area contributed by atoms with Crippen LogP contribution in [-0.4, -0.2) is 36.9 Å². The summed E-state index contributed by atoms with van der Waals surface area (Å²) in [6.45, 7) is 11.1. The molecular formula is C27H38N2O5S. The summed E-state index contributed by atoms with van der Waals surface area (Å²) >= 11 is 0. The number of carbonyl (C=O) groups excluding carboxylic acids is 1. The topological polar surface area (TPSA) is 114 Å². The van der Waals surface area contributed by atoms with Gasteiger partial charge < -0.3 is 14.4 Å². The average molecular weight is 503 g/mol. The zero-order chi connectivity index (χ0) is 25.8. The van der Waals surface area contributed by atoms with E-state index < -0.39 is 10.0 Å². The zero-order valence-corrected chi connectivity index (χ0v) is 22.2. The third-order valence-corrected chi connectivity index (χ3v) is 9.94. The summed E-state index contributed by atoms with van der Waals surface area (Å²) < 4.78 is 26.6. The highest BCUT2D eigenvalue weighted by Gasteiger charge is 2.57. The predicted molar refractivity (Wildman–Crippen MR) is 135 cm³/mol. The minimum absolute atomic E-state index is 0.0104. The lowest BCUT2D eigenvalue weighted by Crippen LogP contribution is -2.65. The van der Waals surface area contributed by atoms with Gasteiger partial charge in [0.25, 0.3) is 0 Å². The number of carbonyl (C=O) groups is 1. The molecule has 2 fully saturated rings. The van der Waals surface area contributed by atoms with Gasteiger partial charge in [0.2, 0.25) is 15.9 Å². The number of phenols is 1. The van der Waals surface area contributed by atoms with Crippen molar-refractivity contribution >= 4 is 15.9 Å². The normalized spacial score (nSPS) is 25.5. The number of phenolic OH excluding ortho intramolecular Hbond substituents is 1. The molecule has 1 aromatic heterocycles. The predicted octanol–water partition coefficient (Wildman–Crippen LogP) is 4.57. The second kappa shape index (κ2) is 8.96. The fourth-order valence-electron chi connectivity index (χ4n) is 6.49.